The molecule has 25 heavy (non-hydrogen) atoms. The number of nitrogens with zero attached hydrogens (tertiary/aromatic N) is 2. The van der Waals surface area contributed by atoms with Gasteiger partial charge in [-0.05, 0) is 12.5 Å². The van der Waals surface area contributed by atoms with E-state index in [4.69, 9.17) is 9.84 Å². The van der Waals surface area contributed by atoms with E-state index >= 15 is 0 Å². The van der Waals surface area contributed by atoms with Crippen LogP contribution in [0.4, 0.5) is 0 Å². The predicted octanol–water partition coefficient (Wildman–Crippen LogP) is 4.18. The molecule has 1 N–H and O–H groups in total. The first-order chi connectivity index (χ1) is 12.1. The maximum Gasteiger partial charge on any atom is 0.356 e. The van der Waals surface area contributed by atoms with Crippen molar-refractivity contribution in [3.63, 3.8) is 0 Å². The lowest BCUT2D eigenvalue weighted by Crippen LogP contribution is -2.16. The number of esters is 1. The molecule has 0 bridgehead atoms. The Kier molecular flexibility index (Phi) is 11.4. The number of carbonyl (C=O) groups excluding carboxylic acids is 1. The van der Waals surface area contributed by atoms with E-state index in [0.717, 1.165) is 5.56 Å². The fourth-order valence-corrected chi connectivity index (χ4v) is 1.97. The Morgan fingerprint density at radius 1 is 1.16 bits per heavy atom. The first-order valence-corrected chi connectivity index (χ1v) is 8.55. The van der Waals surface area contributed by atoms with Crippen LogP contribution in [0.2, 0.25) is 0 Å². The van der Waals surface area contributed by atoms with Gasteiger partial charge in [0.05, 0.1) is 25.0 Å². The highest BCUT2D eigenvalue weighted by Crippen LogP contribution is 2.19. The van der Waals surface area contributed by atoms with E-state index < -0.39 is 11.9 Å². The third-order valence-corrected chi connectivity index (χ3v) is 3.12. The standard InChI is InChI=1S/C15H16N2O4.2C2H6/c1-11(12-5-3-2-4-6-12)17-10-16-9-13(17)15(20)21-8-7-14(18)19;2*1-2/h2-6,9-11H,7-8H2,1H3,(H,18,19);2*1-2H3/t11-;;/m1../s1. The van der Waals surface area contributed by atoms with E-state index in [1.165, 1.54) is 6.20 Å². The van der Waals surface area contributed by atoms with Crippen molar-refractivity contribution in [2.45, 2.75) is 47.1 Å². The van der Waals surface area contributed by atoms with E-state index in [1.54, 1.807) is 10.9 Å². The molecule has 2 rings (SSSR count). The number of carboxylic acid groups (broad SMARTS) is 1. The Balaban J connectivity index is 0.00000134. The third kappa shape index (κ3) is 7.20. The van der Waals surface area contributed by atoms with E-state index in [0.29, 0.717) is 5.69 Å². The van der Waals surface area contributed by atoms with Crippen molar-refractivity contribution >= 4 is 11.9 Å². The van der Waals surface area contributed by atoms with Gasteiger partial charge in [-0.1, -0.05) is 58.0 Å². The quantitative estimate of drug-likeness (QED) is 0.792. The van der Waals surface area contributed by atoms with Gasteiger partial charge in [0, 0.05) is 0 Å². The van der Waals surface area contributed by atoms with Crippen molar-refractivity contribution in [1.82, 2.24) is 9.55 Å². The number of rotatable bonds is 6. The Morgan fingerprint density at radius 2 is 1.76 bits per heavy atom. The molecule has 0 spiro atoms. The summed E-state index contributed by atoms with van der Waals surface area (Å²) in [6.45, 7) is 9.80. The van der Waals surface area contributed by atoms with Crippen LogP contribution < -0.4 is 0 Å². The zero-order chi connectivity index (χ0) is 19.2. The van der Waals surface area contributed by atoms with Gasteiger partial charge in [-0.2, -0.15) is 0 Å². The van der Waals surface area contributed by atoms with Crippen molar-refractivity contribution in [2.24, 2.45) is 0 Å². The van der Waals surface area contributed by atoms with Gasteiger partial charge in [-0.15, -0.1) is 0 Å². The number of aromatic nitrogens is 2. The molecule has 1 heterocycles. The van der Waals surface area contributed by atoms with Crippen molar-refractivity contribution < 1.29 is 19.4 Å². The van der Waals surface area contributed by atoms with Gasteiger partial charge in [0.2, 0.25) is 0 Å². The molecule has 0 amide bonds. The minimum absolute atomic E-state index is 0.0734. The van der Waals surface area contributed by atoms with Crippen LogP contribution in [0.15, 0.2) is 42.9 Å². The molecule has 6 nitrogen and oxygen atoms in total. The maximum absolute atomic E-state index is 12.0. The average Bonchev–Trinajstić information content (AvgIpc) is 3.14. The Hall–Kier alpha value is -2.63. The summed E-state index contributed by atoms with van der Waals surface area (Å²) in [6.07, 6.45) is 2.77. The van der Waals surface area contributed by atoms with Gasteiger partial charge in [0.15, 0.2) is 0 Å². The predicted molar refractivity (Wildman–Crippen MR) is 97.7 cm³/mol. The second-order valence-corrected chi connectivity index (χ2v) is 4.55. The molecule has 1 aromatic carbocycles. The molecule has 0 fully saturated rings. The minimum Gasteiger partial charge on any atom is -0.481 e. The molecule has 0 aliphatic rings. The molecule has 0 saturated heterocycles. The summed E-state index contributed by atoms with van der Waals surface area (Å²) in [5.74, 6) is -1.58. The lowest BCUT2D eigenvalue weighted by Gasteiger charge is -2.16. The summed E-state index contributed by atoms with van der Waals surface area (Å²) in [5.41, 5.74) is 1.34. The monoisotopic (exact) mass is 348 g/mol. The van der Waals surface area contributed by atoms with Gasteiger partial charge in [0.25, 0.3) is 0 Å². The molecule has 0 radical (unpaired) electrons. The van der Waals surface area contributed by atoms with Crippen LogP contribution in [0, 0.1) is 0 Å². The topological polar surface area (TPSA) is 81.4 Å². The normalized spacial score (nSPS) is 10.4. The highest BCUT2D eigenvalue weighted by atomic mass is 16.5. The van der Waals surface area contributed by atoms with Crippen molar-refractivity contribution in [2.75, 3.05) is 6.61 Å². The molecular weight excluding hydrogens is 320 g/mol. The molecule has 1 aromatic heterocycles. The van der Waals surface area contributed by atoms with Crippen molar-refractivity contribution in [3.05, 3.63) is 54.1 Å². The van der Waals surface area contributed by atoms with Crippen molar-refractivity contribution in [1.29, 1.82) is 0 Å². The SMILES string of the molecule is CC.CC.C[C@H](c1ccccc1)n1cncc1C(=O)OCCC(=O)O. The number of carboxylic acids is 1. The fourth-order valence-electron chi connectivity index (χ4n) is 1.97. The van der Waals surface area contributed by atoms with Crippen LogP contribution in [0.25, 0.3) is 0 Å². The Labute approximate surface area is 149 Å². The van der Waals surface area contributed by atoms with E-state index in [1.807, 2.05) is 65.0 Å². The summed E-state index contributed by atoms with van der Waals surface area (Å²) >= 11 is 0. The van der Waals surface area contributed by atoms with E-state index in [-0.39, 0.29) is 19.1 Å². The van der Waals surface area contributed by atoms with Gasteiger partial charge in [-0.3, -0.25) is 4.79 Å². The molecule has 2 aromatic rings. The lowest BCUT2D eigenvalue weighted by molar-refractivity contribution is -0.137. The summed E-state index contributed by atoms with van der Waals surface area (Å²) in [7, 11) is 0. The molecular formula is C19H28N2O4. The summed E-state index contributed by atoms with van der Waals surface area (Å²) in [4.78, 5) is 26.4. The Bertz CT molecular complexity index is 623. The first kappa shape index (κ1) is 22.4. The smallest absolute Gasteiger partial charge is 0.356 e. The molecule has 0 aliphatic heterocycles. The fraction of sp³-hybridized carbons (Fsp3) is 0.421. The van der Waals surface area contributed by atoms with Gasteiger partial charge < -0.3 is 14.4 Å². The molecule has 138 valence electrons. The van der Waals surface area contributed by atoms with Crippen LogP contribution in [-0.4, -0.2) is 33.2 Å². The zero-order valence-corrected chi connectivity index (χ0v) is 15.6. The van der Waals surface area contributed by atoms with E-state index in [9.17, 15) is 9.59 Å². The van der Waals surface area contributed by atoms with Gasteiger partial charge in [-0.25, -0.2) is 9.78 Å². The molecule has 0 saturated carbocycles. The average molecular weight is 348 g/mol. The zero-order valence-electron chi connectivity index (χ0n) is 15.6. The van der Waals surface area contributed by atoms with Crippen LogP contribution in [-0.2, 0) is 9.53 Å². The van der Waals surface area contributed by atoms with Gasteiger partial charge in [0.1, 0.15) is 12.3 Å². The summed E-state index contributed by atoms with van der Waals surface area (Å²) in [5, 5.41) is 8.54. The molecule has 0 unspecified atom stereocenters. The summed E-state index contributed by atoms with van der Waals surface area (Å²) in [6, 6.07) is 9.62. The maximum atomic E-state index is 12.0. The number of aliphatic carboxylic acids is 1. The second kappa shape index (κ2) is 12.8. The van der Waals surface area contributed by atoms with E-state index in [2.05, 4.69) is 4.98 Å². The number of hydrogen-bond acceptors (Lipinski definition) is 4. The van der Waals surface area contributed by atoms with Crippen LogP contribution in [0.1, 0.15) is 63.1 Å². The number of imidazole rings is 1. The molecule has 1 atom stereocenters. The number of carbonyl (C=O) groups is 2. The minimum atomic E-state index is -1.01. The van der Waals surface area contributed by atoms with Crippen LogP contribution in [0.5, 0.6) is 0 Å². The highest BCUT2D eigenvalue weighted by molar-refractivity contribution is 5.87. The van der Waals surface area contributed by atoms with Crippen molar-refractivity contribution in [3.8, 4) is 0 Å². The number of benzene rings is 1. The molecule has 6 heteroatoms. The largest absolute Gasteiger partial charge is 0.481 e. The highest BCUT2D eigenvalue weighted by Gasteiger charge is 2.18. The number of ether oxygens (including phenoxy) is 1. The lowest BCUT2D eigenvalue weighted by atomic mass is 10.1. The van der Waals surface area contributed by atoms with Crippen LogP contribution in [0.3, 0.4) is 0 Å². The first-order valence-electron chi connectivity index (χ1n) is 8.55. The van der Waals surface area contributed by atoms with Crippen LogP contribution >= 0.6 is 0 Å². The summed E-state index contributed by atoms with van der Waals surface area (Å²) < 4.78 is 6.65. The Morgan fingerprint density at radius 3 is 2.32 bits per heavy atom. The van der Waals surface area contributed by atoms with Gasteiger partial charge >= 0.3 is 11.9 Å². The third-order valence-electron chi connectivity index (χ3n) is 3.12. The molecule has 0 aliphatic carbocycles. The second-order valence-electron chi connectivity index (χ2n) is 4.55. The number of hydrogen-bond donors (Lipinski definition) is 1.